The van der Waals surface area contributed by atoms with Crippen LogP contribution in [0, 0.1) is 0 Å². The first-order valence-corrected chi connectivity index (χ1v) is 6.98. The second-order valence-corrected chi connectivity index (χ2v) is 5.41. The van der Waals surface area contributed by atoms with E-state index in [1.54, 1.807) is 12.4 Å². The van der Waals surface area contributed by atoms with E-state index in [1.807, 2.05) is 36.5 Å². The van der Waals surface area contributed by atoms with E-state index in [-0.39, 0.29) is 6.04 Å². The number of halogens is 1. The van der Waals surface area contributed by atoms with Crippen LogP contribution in [0.4, 0.5) is 0 Å². The van der Waals surface area contributed by atoms with Crippen molar-refractivity contribution in [1.29, 1.82) is 0 Å². The summed E-state index contributed by atoms with van der Waals surface area (Å²) in [4.78, 5) is 8.65. The highest BCUT2D eigenvalue weighted by Crippen LogP contribution is 2.24. The molecule has 0 saturated heterocycles. The van der Waals surface area contributed by atoms with Crippen LogP contribution in [0.5, 0.6) is 0 Å². The van der Waals surface area contributed by atoms with Crippen LogP contribution >= 0.6 is 15.9 Å². The Morgan fingerprint density at radius 1 is 1.05 bits per heavy atom. The first-order chi connectivity index (χ1) is 9.78. The zero-order chi connectivity index (χ0) is 13.9. The van der Waals surface area contributed by atoms with Crippen LogP contribution in [0.2, 0.25) is 0 Å². The van der Waals surface area contributed by atoms with Gasteiger partial charge in [-0.15, -0.1) is 0 Å². The maximum absolute atomic E-state index is 5.71. The predicted molar refractivity (Wildman–Crippen MR) is 82.8 cm³/mol. The van der Waals surface area contributed by atoms with Gasteiger partial charge in [0.25, 0.3) is 0 Å². The number of hydrogen-bond donors (Lipinski definition) is 2. The number of benzene rings is 1. The lowest BCUT2D eigenvalue weighted by atomic mass is 10.0. The number of nitrogens with one attached hydrogen (secondary N) is 1. The number of nitrogens with zero attached hydrogens (tertiary/aromatic N) is 2. The monoisotopic (exact) mass is 328 g/mol. The van der Waals surface area contributed by atoms with E-state index in [1.165, 1.54) is 0 Å². The van der Waals surface area contributed by atoms with E-state index in [2.05, 4.69) is 37.4 Å². The number of hydrogen-bond acceptors (Lipinski definition) is 4. The highest BCUT2D eigenvalue weighted by molar-refractivity contribution is 9.10. The molecule has 0 radical (unpaired) electrons. The van der Waals surface area contributed by atoms with Gasteiger partial charge in [0, 0.05) is 28.4 Å². The average Bonchev–Trinajstić information content (AvgIpc) is 2.48. The fraction of sp³-hybridized carbons (Fsp3) is 0.0667. The standard InChI is InChI=1S/C15H13BrN4/c16-13-6-12(7-18-9-13)15(20-17)11-5-10-3-1-2-4-14(10)19-8-11/h1-9,15,20H,17H2. The van der Waals surface area contributed by atoms with Crippen LogP contribution < -0.4 is 11.3 Å². The van der Waals surface area contributed by atoms with Crippen LogP contribution in [-0.2, 0) is 0 Å². The Labute approximate surface area is 125 Å². The number of pyridine rings is 2. The molecule has 0 aliphatic carbocycles. The van der Waals surface area contributed by atoms with E-state index in [4.69, 9.17) is 5.84 Å². The van der Waals surface area contributed by atoms with Crippen molar-refractivity contribution in [2.75, 3.05) is 0 Å². The van der Waals surface area contributed by atoms with Crippen molar-refractivity contribution in [1.82, 2.24) is 15.4 Å². The quantitative estimate of drug-likeness (QED) is 0.573. The largest absolute Gasteiger partial charge is 0.271 e. The first kappa shape index (κ1) is 13.2. The maximum atomic E-state index is 5.71. The zero-order valence-corrected chi connectivity index (χ0v) is 12.2. The summed E-state index contributed by atoms with van der Waals surface area (Å²) in [5.41, 5.74) is 5.79. The molecule has 1 aromatic carbocycles. The molecule has 1 unspecified atom stereocenters. The predicted octanol–water partition coefficient (Wildman–Crippen LogP) is 2.95. The first-order valence-electron chi connectivity index (χ1n) is 6.19. The topological polar surface area (TPSA) is 63.8 Å². The Balaban J connectivity index is 2.07. The molecule has 20 heavy (non-hydrogen) atoms. The van der Waals surface area contributed by atoms with Gasteiger partial charge in [-0.1, -0.05) is 18.2 Å². The Bertz CT molecular complexity index is 745. The SMILES string of the molecule is NNC(c1cncc(Br)c1)c1cnc2ccccc2c1. The molecule has 0 saturated carbocycles. The van der Waals surface area contributed by atoms with Crippen molar-refractivity contribution in [3.63, 3.8) is 0 Å². The van der Waals surface area contributed by atoms with Gasteiger partial charge in [0.2, 0.25) is 0 Å². The summed E-state index contributed by atoms with van der Waals surface area (Å²) in [6.45, 7) is 0. The molecule has 5 heteroatoms. The van der Waals surface area contributed by atoms with Crippen LogP contribution in [0.15, 0.2) is 59.5 Å². The van der Waals surface area contributed by atoms with E-state index in [0.29, 0.717) is 0 Å². The van der Waals surface area contributed by atoms with Gasteiger partial charge >= 0.3 is 0 Å². The average molecular weight is 329 g/mol. The number of para-hydroxylation sites is 1. The van der Waals surface area contributed by atoms with Gasteiger partial charge in [-0.3, -0.25) is 15.8 Å². The molecule has 0 bridgehead atoms. The van der Waals surface area contributed by atoms with Crippen molar-refractivity contribution < 1.29 is 0 Å². The highest BCUT2D eigenvalue weighted by Gasteiger charge is 2.14. The van der Waals surface area contributed by atoms with Gasteiger partial charge in [0.15, 0.2) is 0 Å². The van der Waals surface area contributed by atoms with Crippen molar-refractivity contribution >= 4 is 26.8 Å². The van der Waals surface area contributed by atoms with Gasteiger partial charge in [0.1, 0.15) is 0 Å². The maximum Gasteiger partial charge on any atom is 0.0740 e. The summed E-state index contributed by atoms with van der Waals surface area (Å²) in [6, 6.07) is 12.0. The summed E-state index contributed by atoms with van der Waals surface area (Å²) in [5, 5.41) is 1.09. The lowest BCUT2D eigenvalue weighted by molar-refractivity contribution is 0.633. The normalized spacial score (nSPS) is 12.5. The van der Waals surface area contributed by atoms with Gasteiger partial charge in [0.05, 0.1) is 11.6 Å². The molecule has 0 spiro atoms. The fourth-order valence-electron chi connectivity index (χ4n) is 2.22. The van der Waals surface area contributed by atoms with E-state index in [9.17, 15) is 0 Å². The molecule has 0 amide bonds. The van der Waals surface area contributed by atoms with E-state index in [0.717, 1.165) is 26.5 Å². The number of nitrogens with two attached hydrogens (primary N) is 1. The molecule has 100 valence electrons. The minimum atomic E-state index is -0.142. The van der Waals surface area contributed by atoms with Crippen LogP contribution in [0.3, 0.4) is 0 Å². The molecule has 4 nitrogen and oxygen atoms in total. The molecule has 2 aromatic heterocycles. The molecule has 0 aliphatic heterocycles. The third-order valence-corrected chi connectivity index (χ3v) is 3.60. The second-order valence-electron chi connectivity index (χ2n) is 4.50. The molecule has 3 aromatic rings. The summed E-state index contributed by atoms with van der Waals surface area (Å²) in [7, 11) is 0. The Hall–Kier alpha value is -1.82. The summed E-state index contributed by atoms with van der Waals surface area (Å²) in [5.74, 6) is 5.71. The van der Waals surface area contributed by atoms with Gasteiger partial charge in [-0.05, 0) is 45.3 Å². The molecule has 1 atom stereocenters. The number of fused-ring (bicyclic) bond motifs is 1. The number of hydrazine groups is 1. The summed E-state index contributed by atoms with van der Waals surface area (Å²) in [6.07, 6.45) is 5.38. The third-order valence-electron chi connectivity index (χ3n) is 3.17. The van der Waals surface area contributed by atoms with Crippen molar-refractivity contribution in [2.45, 2.75) is 6.04 Å². The van der Waals surface area contributed by atoms with Crippen LogP contribution in [0.1, 0.15) is 17.2 Å². The summed E-state index contributed by atoms with van der Waals surface area (Å²) >= 11 is 3.43. The Kier molecular flexibility index (Phi) is 3.73. The van der Waals surface area contributed by atoms with Gasteiger partial charge in [-0.25, -0.2) is 5.43 Å². The lowest BCUT2D eigenvalue weighted by Crippen LogP contribution is -2.29. The second kappa shape index (κ2) is 5.66. The molecule has 0 fully saturated rings. The molecule has 3 N–H and O–H groups in total. The Morgan fingerprint density at radius 2 is 1.85 bits per heavy atom. The summed E-state index contributed by atoms with van der Waals surface area (Å²) < 4.78 is 0.920. The Morgan fingerprint density at radius 3 is 2.65 bits per heavy atom. The lowest BCUT2D eigenvalue weighted by Gasteiger charge is -2.16. The smallest absolute Gasteiger partial charge is 0.0740 e. The van der Waals surface area contributed by atoms with Gasteiger partial charge < -0.3 is 0 Å². The minimum absolute atomic E-state index is 0.142. The number of aromatic nitrogens is 2. The van der Waals surface area contributed by atoms with E-state index >= 15 is 0 Å². The van der Waals surface area contributed by atoms with E-state index < -0.39 is 0 Å². The minimum Gasteiger partial charge on any atom is -0.271 e. The molecule has 3 rings (SSSR count). The third kappa shape index (κ3) is 2.56. The van der Waals surface area contributed by atoms with Crippen LogP contribution in [0.25, 0.3) is 10.9 Å². The molecule has 0 aliphatic rings. The van der Waals surface area contributed by atoms with Crippen molar-refractivity contribution in [3.8, 4) is 0 Å². The van der Waals surface area contributed by atoms with Gasteiger partial charge in [-0.2, -0.15) is 0 Å². The zero-order valence-electron chi connectivity index (χ0n) is 10.6. The fourth-order valence-corrected chi connectivity index (χ4v) is 2.60. The molecule has 2 heterocycles. The number of rotatable bonds is 3. The molecular formula is C15H13BrN4. The van der Waals surface area contributed by atoms with Crippen molar-refractivity contribution in [3.05, 3.63) is 70.6 Å². The van der Waals surface area contributed by atoms with Crippen molar-refractivity contribution in [2.24, 2.45) is 5.84 Å². The highest BCUT2D eigenvalue weighted by atomic mass is 79.9. The van der Waals surface area contributed by atoms with Crippen LogP contribution in [-0.4, -0.2) is 9.97 Å². The molecular weight excluding hydrogens is 316 g/mol.